The Morgan fingerprint density at radius 2 is 2.21 bits per heavy atom. The highest BCUT2D eigenvalue weighted by molar-refractivity contribution is 7.13. The molecule has 1 heterocycles. The average molecular weight is 368 g/mol. The third kappa shape index (κ3) is 5.82. The third-order valence-electron chi connectivity index (χ3n) is 3.10. The fourth-order valence-electron chi connectivity index (χ4n) is 1.94. The van der Waals surface area contributed by atoms with Crippen molar-refractivity contribution >= 4 is 39.9 Å². The zero-order valence-electron chi connectivity index (χ0n) is 13.2. The summed E-state index contributed by atoms with van der Waals surface area (Å²) in [6, 6.07) is 5.44. The Kier molecular flexibility index (Phi) is 6.57. The normalized spacial score (nSPS) is 10.4. The van der Waals surface area contributed by atoms with E-state index in [1.54, 1.807) is 17.5 Å². The van der Waals surface area contributed by atoms with Crippen molar-refractivity contribution in [2.75, 3.05) is 11.9 Å². The van der Waals surface area contributed by atoms with E-state index in [0.717, 1.165) is 11.3 Å². The van der Waals surface area contributed by atoms with Gasteiger partial charge in [0, 0.05) is 16.8 Å². The number of carbonyl (C=O) groups excluding carboxylic acids is 2. The molecule has 0 aliphatic rings. The van der Waals surface area contributed by atoms with E-state index in [9.17, 15) is 9.59 Å². The number of thiazole rings is 1. The van der Waals surface area contributed by atoms with Crippen LogP contribution in [0.5, 0.6) is 5.75 Å². The van der Waals surface area contributed by atoms with Gasteiger partial charge in [0.1, 0.15) is 5.75 Å². The number of ether oxygens (including phenoxy) is 1. The first-order valence-corrected chi connectivity index (χ1v) is 8.61. The van der Waals surface area contributed by atoms with Crippen molar-refractivity contribution in [1.29, 1.82) is 0 Å². The monoisotopic (exact) mass is 367 g/mol. The van der Waals surface area contributed by atoms with Crippen molar-refractivity contribution in [2.45, 2.75) is 26.2 Å². The standard InChI is InChI=1S/C16H18ClN3O3S/c1-10-7-12(4-5-13(10)17)23-6-2-3-15(22)20-16-19-11(9-24-16)8-14(18)21/h4-5,7,9H,2-3,6,8H2,1H3,(H2,18,21)(H,19,20,22). The lowest BCUT2D eigenvalue weighted by Crippen LogP contribution is -2.15. The van der Waals surface area contributed by atoms with Gasteiger partial charge in [0.25, 0.3) is 0 Å². The van der Waals surface area contributed by atoms with E-state index in [4.69, 9.17) is 22.1 Å². The molecule has 2 aromatic rings. The number of nitrogens with one attached hydrogen (secondary N) is 1. The molecule has 6 nitrogen and oxygen atoms in total. The van der Waals surface area contributed by atoms with Gasteiger partial charge < -0.3 is 15.8 Å². The number of aryl methyl sites for hydroxylation is 1. The first kappa shape index (κ1) is 18.2. The van der Waals surface area contributed by atoms with Gasteiger partial charge in [0.05, 0.1) is 18.7 Å². The van der Waals surface area contributed by atoms with Crippen molar-refractivity contribution in [1.82, 2.24) is 4.98 Å². The maximum Gasteiger partial charge on any atom is 0.226 e. The van der Waals surface area contributed by atoms with Gasteiger partial charge >= 0.3 is 0 Å². The van der Waals surface area contributed by atoms with Crippen molar-refractivity contribution in [3.63, 3.8) is 0 Å². The Hall–Kier alpha value is -2.12. The maximum atomic E-state index is 11.8. The van der Waals surface area contributed by atoms with E-state index in [1.165, 1.54) is 11.3 Å². The Morgan fingerprint density at radius 1 is 1.42 bits per heavy atom. The van der Waals surface area contributed by atoms with Crippen LogP contribution < -0.4 is 15.8 Å². The molecule has 0 radical (unpaired) electrons. The Morgan fingerprint density at radius 3 is 2.92 bits per heavy atom. The molecule has 2 rings (SSSR count). The lowest BCUT2D eigenvalue weighted by molar-refractivity contribution is -0.117. The average Bonchev–Trinajstić information content (AvgIpc) is 2.93. The van der Waals surface area contributed by atoms with Crippen LogP contribution in [0.25, 0.3) is 0 Å². The smallest absolute Gasteiger partial charge is 0.226 e. The second-order valence-electron chi connectivity index (χ2n) is 5.20. The SMILES string of the molecule is Cc1cc(OCCCC(=O)Nc2nc(CC(N)=O)cs2)ccc1Cl. The number of rotatable bonds is 8. The topological polar surface area (TPSA) is 94.3 Å². The van der Waals surface area contributed by atoms with Crippen LogP contribution in [0.1, 0.15) is 24.1 Å². The molecule has 0 saturated carbocycles. The summed E-state index contributed by atoms with van der Waals surface area (Å²) in [6.07, 6.45) is 0.963. The molecule has 0 aliphatic heterocycles. The molecule has 0 aliphatic carbocycles. The molecular weight excluding hydrogens is 350 g/mol. The van der Waals surface area contributed by atoms with Crippen molar-refractivity contribution in [3.05, 3.63) is 39.9 Å². The van der Waals surface area contributed by atoms with E-state index >= 15 is 0 Å². The van der Waals surface area contributed by atoms with E-state index in [2.05, 4.69) is 10.3 Å². The van der Waals surface area contributed by atoms with Crippen LogP contribution in [0.2, 0.25) is 5.02 Å². The van der Waals surface area contributed by atoms with Crippen LogP contribution in [0.4, 0.5) is 5.13 Å². The minimum Gasteiger partial charge on any atom is -0.494 e. The van der Waals surface area contributed by atoms with Gasteiger partial charge in [0.15, 0.2) is 5.13 Å². The van der Waals surface area contributed by atoms with E-state index in [1.807, 2.05) is 13.0 Å². The molecule has 128 valence electrons. The molecule has 3 N–H and O–H groups in total. The van der Waals surface area contributed by atoms with Gasteiger partial charge in [-0.1, -0.05) is 11.6 Å². The molecule has 24 heavy (non-hydrogen) atoms. The second-order valence-corrected chi connectivity index (χ2v) is 6.46. The van der Waals surface area contributed by atoms with Crippen LogP contribution in [0, 0.1) is 6.92 Å². The number of halogens is 1. The fraction of sp³-hybridized carbons (Fsp3) is 0.312. The lowest BCUT2D eigenvalue weighted by Gasteiger charge is -2.07. The number of amides is 2. The van der Waals surface area contributed by atoms with Crippen LogP contribution in [-0.2, 0) is 16.0 Å². The van der Waals surface area contributed by atoms with Crippen LogP contribution in [0.15, 0.2) is 23.6 Å². The molecular formula is C16H18ClN3O3S. The van der Waals surface area contributed by atoms with Gasteiger partial charge in [0.2, 0.25) is 11.8 Å². The minimum atomic E-state index is -0.451. The van der Waals surface area contributed by atoms with Crippen LogP contribution in [0.3, 0.4) is 0 Å². The molecule has 1 aromatic heterocycles. The second kappa shape index (κ2) is 8.65. The van der Waals surface area contributed by atoms with Gasteiger partial charge in [-0.25, -0.2) is 4.98 Å². The van der Waals surface area contributed by atoms with E-state index in [-0.39, 0.29) is 12.3 Å². The zero-order valence-corrected chi connectivity index (χ0v) is 14.7. The number of carbonyl (C=O) groups is 2. The maximum absolute atomic E-state index is 11.8. The highest BCUT2D eigenvalue weighted by Crippen LogP contribution is 2.21. The third-order valence-corrected chi connectivity index (χ3v) is 4.33. The van der Waals surface area contributed by atoms with Gasteiger partial charge in [-0.05, 0) is 37.1 Å². The molecule has 8 heteroatoms. The summed E-state index contributed by atoms with van der Waals surface area (Å²) in [5.74, 6) is 0.131. The quantitative estimate of drug-likeness (QED) is 0.701. The molecule has 0 bridgehead atoms. The summed E-state index contributed by atoms with van der Waals surface area (Å²) in [7, 11) is 0. The van der Waals surface area contributed by atoms with Crippen LogP contribution >= 0.6 is 22.9 Å². The van der Waals surface area contributed by atoms with Gasteiger partial charge in [-0.2, -0.15) is 0 Å². The van der Waals surface area contributed by atoms with Crippen LogP contribution in [-0.4, -0.2) is 23.4 Å². The largest absolute Gasteiger partial charge is 0.494 e. The number of hydrogen-bond donors (Lipinski definition) is 2. The summed E-state index contributed by atoms with van der Waals surface area (Å²) in [5.41, 5.74) is 6.60. The number of primary amides is 1. The number of nitrogens with zero attached hydrogens (tertiary/aromatic N) is 1. The highest BCUT2D eigenvalue weighted by atomic mass is 35.5. The van der Waals surface area contributed by atoms with Crippen molar-refractivity contribution in [2.24, 2.45) is 5.73 Å². The molecule has 2 amide bonds. The molecule has 0 fully saturated rings. The molecule has 0 spiro atoms. The Bertz CT molecular complexity index is 733. The molecule has 0 atom stereocenters. The molecule has 1 aromatic carbocycles. The first-order valence-electron chi connectivity index (χ1n) is 7.35. The number of hydrogen-bond acceptors (Lipinski definition) is 5. The number of anilines is 1. The number of benzene rings is 1. The number of nitrogens with two attached hydrogens (primary N) is 1. The molecule has 0 saturated heterocycles. The first-order chi connectivity index (χ1) is 11.4. The van der Waals surface area contributed by atoms with E-state index < -0.39 is 5.91 Å². The summed E-state index contributed by atoms with van der Waals surface area (Å²) in [5, 5.41) is 5.55. The van der Waals surface area contributed by atoms with Gasteiger partial charge in [-0.15, -0.1) is 11.3 Å². The predicted octanol–water partition coefficient (Wildman–Crippen LogP) is 2.93. The van der Waals surface area contributed by atoms with Gasteiger partial charge in [-0.3, -0.25) is 9.59 Å². The summed E-state index contributed by atoms with van der Waals surface area (Å²) in [4.78, 5) is 26.8. The predicted molar refractivity (Wildman–Crippen MR) is 94.6 cm³/mol. The highest BCUT2D eigenvalue weighted by Gasteiger charge is 2.08. The summed E-state index contributed by atoms with van der Waals surface area (Å²) < 4.78 is 5.59. The lowest BCUT2D eigenvalue weighted by atomic mass is 10.2. The van der Waals surface area contributed by atoms with Crippen molar-refractivity contribution < 1.29 is 14.3 Å². The Balaban J connectivity index is 1.70. The van der Waals surface area contributed by atoms with E-state index in [0.29, 0.717) is 35.3 Å². The zero-order chi connectivity index (χ0) is 17.5. The summed E-state index contributed by atoms with van der Waals surface area (Å²) >= 11 is 7.22. The number of aromatic nitrogens is 1. The minimum absolute atomic E-state index is 0.0702. The molecule has 0 unspecified atom stereocenters. The van der Waals surface area contributed by atoms with Crippen molar-refractivity contribution in [3.8, 4) is 5.75 Å². The fourth-order valence-corrected chi connectivity index (χ4v) is 2.78. The Labute approximate surface area is 149 Å². The summed E-state index contributed by atoms with van der Waals surface area (Å²) in [6.45, 7) is 2.34.